The fourth-order valence-electron chi connectivity index (χ4n) is 6.48. The van der Waals surface area contributed by atoms with Crippen molar-refractivity contribution in [3.63, 3.8) is 0 Å². The summed E-state index contributed by atoms with van der Waals surface area (Å²) in [6.45, 7) is 4.55. The number of ether oxygens (including phenoxy) is 3. The van der Waals surface area contributed by atoms with E-state index in [4.69, 9.17) is 14.2 Å². The molecule has 0 saturated carbocycles. The number of carboxylic acid groups (broad SMARTS) is 1. The van der Waals surface area contributed by atoms with E-state index in [1.165, 1.54) is 89.9 Å². The molecule has 0 bridgehead atoms. The largest absolute Gasteiger partial charge is 0.477 e. The molecule has 0 aliphatic carbocycles. The van der Waals surface area contributed by atoms with E-state index in [9.17, 15) is 19.5 Å². The molecule has 0 spiro atoms. The van der Waals surface area contributed by atoms with Crippen LogP contribution in [0.1, 0.15) is 174 Å². The molecule has 0 fully saturated rings. The predicted molar refractivity (Wildman–Crippen MR) is 243 cm³/mol. The Morgan fingerprint density at radius 3 is 1.43 bits per heavy atom. The number of esters is 2. The van der Waals surface area contributed by atoms with Gasteiger partial charge >= 0.3 is 17.9 Å². The normalized spacial score (nSPS) is 13.6. The monoisotopic (exact) mass is 813 g/mol. The number of carboxylic acids is 1. The average Bonchev–Trinajstić information content (AvgIpc) is 3.18. The van der Waals surface area contributed by atoms with Gasteiger partial charge in [-0.3, -0.25) is 9.59 Å². The highest BCUT2D eigenvalue weighted by molar-refractivity contribution is 5.72. The van der Waals surface area contributed by atoms with Gasteiger partial charge in [-0.05, 0) is 32.1 Å². The smallest absolute Gasteiger partial charge is 0.362 e. The van der Waals surface area contributed by atoms with Crippen LogP contribution in [0.5, 0.6) is 0 Å². The van der Waals surface area contributed by atoms with Crippen molar-refractivity contribution in [3.05, 3.63) is 72.9 Å². The van der Waals surface area contributed by atoms with Crippen LogP contribution >= 0.6 is 0 Å². The summed E-state index contributed by atoms with van der Waals surface area (Å²) < 4.78 is 17.3. The van der Waals surface area contributed by atoms with Gasteiger partial charge in [0.05, 0.1) is 34.4 Å². The second-order valence-electron chi connectivity index (χ2n) is 16.4. The summed E-state index contributed by atoms with van der Waals surface area (Å²) in [4.78, 5) is 37.0. The number of carbonyl (C=O) groups is 3. The molecule has 0 aromatic heterocycles. The molecule has 8 heteroatoms. The first-order valence-corrected chi connectivity index (χ1v) is 23.1. The molecule has 0 radical (unpaired) electrons. The Morgan fingerprint density at radius 1 is 0.534 bits per heavy atom. The van der Waals surface area contributed by atoms with Crippen molar-refractivity contribution < 1.29 is 38.2 Å². The zero-order chi connectivity index (χ0) is 42.8. The lowest BCUT2D eigenvalue weighted by Crippen LogP contribution is -2.50. The van der Waals surface area contributed by atoms with Gasteiger partial charge in [-0.15, -0.1) is 0 Å². The number of hydrogen-bond donors (Lipinski definition) is 1. The number of rotatable bonds is 40. The molecular weight excluding hydrogens is 727 g/mol. The molecule has 1 N–H and O–H groups in total. The van der Waals surface area contributed by atoms with E-state index in [-0.39, 0.29) is 42.7 Å². The van der Waals surface area contributed by atoms with E-state index in [1.54, 1.807) is 0 Å². The lowest BCUT2D eigenvalue weighted by Gasteiger charge is -2.31. The number of hydrogen-bond acceptors (Lipinski definition) is 6. The minimum Gasteiger partial charge on any atom is -0.477 e. The first-order valence-electron chi connectivity index (χ1n) is 23.1. The molecule has 0 aromatic carbocycles. The number of unbranched alkanes of at least 4 members (excludes halogenated alkanes) is 19. The van der Waals surface area contributed by atoms with Gasteiger partial charge in [0.25, 0.3) is 0 Å². The zero-order valence-electron chi connectivity index (χ0n) is 37.7. The van der Waals surface area contributed by atoms with Gasteiger partial charge in [0, 0.05) is 19.3 Å². The third kappa shape index (κ3) is 38.3. The van der Waals surface area contributed by atoms with Gasteiger partial charge in [0.15, 0.2) is 12.1 Å². The predicted octanol–water partition coefficient (Wildman–Crippen LogP) is 12.7. The SMILES string of the molecule is CC/C=C/C=C/C=C/C=C/C=C/C=C/CCCCCC(=O)OC(COCCC(C(=O)O)[N+](C)(C)C)COC(=O)CCCCCCCCCCCCCCCCCCC. The summed E-state index contributed by atoms with van der Waals surface area (Å²) in [7, 11) is 5.51. The molecule has 2 atom stereocenters. The van der Waals surface area contributed by atoms with Crippen LogP contribution < -0.4 is 0 Å². The van der Waals surface area contributed by atoms with Crippen LogP contribution in [-0.2, 0) is 28.6 Å². The highest BCUT2D eigenvalue weighted by Gasteiger charge is 2.31. The minimum absolute atomic E-state index is 0.0408. The quantitative estimate of drug-likeness (QED) is 0.0285. The lowest BCUT2D eigenvalue weighted by atomic mass is 10.0. The number of nitrogens with zero attached hydrogens (tertiary/aromatic N) is 1. The Balaban J connectivity index is 4.41. The maximum absolute atomic E-state index is 12.7. The Bertz CT molecular complexity index is 1180. The van der Waals surface area contributed by atoms with E-state index >= 15 is 0 Å². The summed E-state index contributed by atoms with van der Waals surface area (Å²) in [5, 5.41) is 9.63. The second-order valence-corrected chi connectivity index (χ2v) is 16.4. The van der Waals surface area contributed by atoms with Crippen LogP contribution in [0.3, 0.4) is 0 Å². The van der Waals surface area contributed by atoms with E-state index in [2.05, 4.69) is 26.0 Å². The number of quaternary nitrogens is 1. The molecule has 8 nitrogen and oxygen atoms in total. The first-order chi connectivity index (χ1) is 28.1. The van der Waals surface area contributed by atoms with Crippen molar-refractivity contribution in [1.29, 1.82) is 0 Å². The fourth-order valence-corrected chi connectivity index (χ4v) is 6.48. The van der Waals surface area contributed by atoms with Crippen molar-refractivity contribution in [3.8, 4) is 0 Å². The number of carbonyl (C=O) groups excluding carboxylic acids is 2. The number of aliphatic carboxylic acids is 1. The average molecular weight is 813 g/mol. The van der Waals surface area contributed by atoms with Gasteiger partial charge in [-0.2, -0.15) is 0 Å². The zero-order valence-corrected chi connectivity index (χ0v) is 37.7. The Hall–Kier alpha value is -3.23. The lowest BCUT2D eigenvalue weighted by molar-refractivity contribution is -0.887. The van der Waals surface area contributed by atoms with Gasteiger partial charge in [-0.1, -0.05) is 196 Å². The van der Waals surface area contributed by atoms with Gasteiger partial charge in [-0.25, -0.2) is 4.79 Å². The number of likely N-dealkylation sites (N-methyl/N-ethyl adjacent to an activating group) is 1. The molecule has 0 saturated heterocycles. The first kappa shape index (κ1) is 54.8. The minimum atomic E-state index is -0.885. The Morgan fingerprint density at radius 2 is 0.966 bits per heavy atom. The van der Waals surface area contributed by atoms with Crippen LogP contribution in [0.25, 0.3) is 0 Å². The molecule has 0 aromatic rings. The fraction of sp³-hybridized carbons (Fsp3) is 0.700. The second kappa shape index (κ2) is 40.5. The molecule has 0 amide bonds. The molecular formula is C50H86NO7+. The van der Waals surface area contributed by atoms with Crippen LogP contribution in [-0.4, -0.2) is 80.6 Å². The van der Waals surface area contributed by atoms with Crippen molar-refractivity contribution in [1.82, 2.24) is 0 Å². The van der Waals surface area contributed by atoms with Crippen molar-refractivity contribution in [2.24, 2.45) is 0 Å². The van der Waals surface area contributed by atoms with Gasteiger partial charge < -0.3 is 23.8 Å². The van der Waals surface area contributed by atoms with Crippen LogP contribution in [0.15, 0.2) is 72.9 Å². The molecule has 2 unspecified atom stereocenters. The summed E-state index contributed by atoms with van der Waals surface area (Å²) in [6, 6.07) is -0.626. The van der Waals surface area contributed by atoms with E-state index < -0.39 is 18.1 Å². The van der Waals surface area contributed by atoms with Crippen molar-refractivity contribution in [2.45, 2.75) is 187 Å². The van der Waals surface area contributed by atoms with Crippen LogP contribution in [0, 0.1) is 0 Å². The molecule has 332 valence electrons. The topological polar surface area (TPSA) is 99.1 Å². The summed E-state index contributed by atoms with van der Waals surface area (Å²) in [6.07, 6.45) is 50.9. The standard InChI is InChI=1S/C50H85NO7/c1-6-8-10-12-14-16-18-20-22-24-26-28-30-32-34-36-38-40-48(52)57-45-46(44-56-43-42-47(50(54)55)51(3,4)5)58-49(53)41-39-37-35-33-31-29-27-25-23-21-19-17-15-13-11-9-7-2/h9,11,13,15,17,19,21,23,25,27,29,31,46-47H,6-8,10,12,14,16,18,20,22,24,26,28,30,32-45H2,1-5H3/p+1/b11-9+,15-13+,19-17+,23-21+,27-25+,31-29+. The summed E-state index contributed by atoms with van der Waals surface area (Å²) in [5.41, 5.74) is 0. The van der Waals surface area contributed by atoms with Crippen molar-refractivity contribution >= 4 is 17.9 Å². The Labute approximate surface area is 355 Å². The van der Waals surface area contributed by atoms with Crippen molar-refractivity contribution in [2.75, 3.05) is 41.0 Å². The van der Waals surface area contributed by atoms with E-state index in [0.29, 0.717) is 19.3 Å². The molecule has 0 aliphatic rings. The number of allylic oxidation sites excluding steroid dienone is 12. The van der Waals surface area contributed by atoms with Gasteiger partial charge in [0.2, 0.25) is 0 Å². The molecule has 0 aliphatic heterocycles. The van der Waals surface area contributed by atoms with E-state index in [0.717, 1.165) is 44.9 Å². The summed E-state index contributed by atoms with van der Waals surface area (Å²) >= 11 is 0. The highest BCUT2D eigenvalue weighted by atomic mass is 16.6. The maximum atomic E-state index is 12.7. The van der Waals surface area contributed by atoms with Crippen LogP contribution in [0.4, 0.5) is 0 Å². The van der Waals surface area contributed by atoms with Crippen LogP contribution in [0.2, 0.25) is 0 Å². The van der Waals surface area contributed by atoms with Gasteiger partial charge in [0.1, 0.15) is 6.61 Å². The third-order valence-corrected chi connectivity index (χ3v) is 10.0. The maximum Gasteiger partial charge on any atom is 0.362 e. The molecule has 58 heavy (non-hydrogen) atoms. The Kier molecular flexibility index (Phi) is 38.3. The highest BCUT2D eigenvalue weighted by Crippen LogP contribution is 2.15. The summed E-state index contributed by atoms with van der Waals surface area (Å²) in [5.74, 6) is -1.53. The third-order valence-electron chi connectivity index (χ3n) is 10.0. The molecule has 0 rings (SSSR count). The molecule has 0 heterocycles. The van der Waals surface area contributed by atoms with E-state index in [1.807, 2.05) is 81.9 Å².